The molecule has 4 nitrogen and oxygen atoms in total. The predicted octanol–water partition coefficient (Wildman–Crippen LogP) is 4.82. The van der Waals surface area contributed by atoms with Crippen LogP contribution >= 0.6 is 0 Å². The Morgan fingerprint density at radius 1 is 0.769 bits per heavy atom. The minimum Gasteiger partial charge on any atom is -0.423 e. The minimum absolute atomic E-state index is 0.340. The lowest BCUT2D eigenvalue weighted by Gasteiger charge is -2.05. The van der Waals surface area contributed by atoms with E-state index in [4.69, 9.17) is 9.47 Å². The number of carbonyl (C=O) groups is 2. The predicted molar refractivity (Wildman–Crippen MR) is 103 cm³/mol. The van der Waals surface area contributed by atoms with E-state index in [2.05, 4.69) is 13.2 Å². The van der Waals surface area contributed by atoms with E-state index in [0.717, 1.165) is 11.1 Å². The van der Waals surface area contributed by atoms with Crippen molar-refractivity contribution in [2.75, 3.05) is 0 Å². The number of carbonyl (C=O) groups excluding carboxylic acids is 2. The van der Waals surface area contributed by atoms with Crippen LogP contribution in [0.15, 0.2) is 72.8 Å². The van der Waals surface area contributed by atoms with E-state index in [9.17, 15) is 9.59 Å². The Balaban J connectivity index is 2.12. The average molecular weight is 348 g/mol. The van der Waals surface area contributed by atoms with E-state index in [0.29, 0.717) is 22.6 Å². The van der Waals surface area contributed by atoms with Gasteiger partial charge in [-0.05, 0) is 49.2 Å². The van der Waals surface area contributed by atoms with Gasteiger partial charge >= 0.3 is 11.9 Å². The van der Waals surface area contributed by atoms with Crippen LogP contribution in [0.25, 0.3) is 12.2 Å². The van der Waals surface area contributed by atoms with Gasteiger partial charge < -0.3 is 9.47 Å². The molecule has 0 aliphatic heterocycles. The summed E-state index contributed by atoms with van der Waals surface area (Å²) in [6.45, 7) is 10.3. The molecule has 0 bridgehead atoms. The molecule has 0 heterocycles. The van der Waals surface area contributed by atoms with Crippen LogP contribution in [0.2, 0.25) is 0 Å². The minimum atomic E-state index is -0.460. The van der Waals surface area contributed by atoms with Crippen molar-refractivity contribution >= 4 is 24.1 Å². The third kappa shape index (κ3) is 5.60. The number of esters is 2. The van der Waals surface area contributed by atoms with Crippen LogP contribution in [0.3, 0.4) is 0 Å². The summed E-state index contributed by atoms with van der Waals surface area (Å²) in [4.78, 5) is 23.2. The monoisotopic (exact) mass is 348 g/mol. The largest absolute Gasteiger partial charge is 0.423 e. The first-order chi connectivity index (χ1) is 12.3. The molecule has 0 fully saturated rings. The lowest BCUT2D eigenvalue weighted by molar-refractivity contribution is -0.130. The van der Waals surface area contributed by atoms with Crippen molar-refractivity contribution < 1.29 is 19.1 Å². The van der Waals surface area contributed by atoms with Crippen molar-refractivity contribution in [3.63, 3.8) is 0 Å². The smallest absolute Gasteiger partial charge is 0.338 e. The van der Waals surface area contributed by atoms with E-state index < -0.39 is 11.9 Å². The fraction of sp³-hybridized carbons (Fsp3) is 0.0909. The van der Waals surface area contributed by atoms with Crippen molar-refractivity contribution in [3.8, 4) is 11.5 Å². The van der Waals surface area contributed by atoms with Gasteiger partial charge in [0.15, 0.2) is 0 Å². The van der Waals surface area contributed by atoms with Gasteiger partial charge in [-0.2, -0.15) is 0 Å². The van der Waals surface area contributed by atoms with Gasteiger partial charge in [0.25, 0.3) is 0 Å². The van der Waals surface area contributed by atoms with Crippen LogP contribution < -0.4 is 9.47 Å². The highest BCUT2D eigenvalue weighted by atomic mass is 16.5. The molecular weight excluding hydrogens is 328 g/mol. The quantitative estimate of drug-likeness (QED) is 0.325. The zero-order valence-electron chi connectivity index (χ0n) is 14.8. The van der Waals surface area contributed by atoms with Gasteiger partial charge in [0.1, 0.15) is 11.5 Å². The first-order valence-corrected chi connectivity index (χ1v) is 7.99. The summed E-state index contributed by atoms with van der Waals surface area (Å²) >= 11 is 0. The van der Waals surface area contributed by atoms with E-state index >= 15 is 0 Å². The summed E-state index contributed by atoms with van der Waals surface area (Å²) in [5.41, 5.74) is 2.40. The summed E-state index contributed by atoms with van der Waals surface area (Å²) in [6, 6.07) is 14.3. The molecule has 0 saturated heterocycles. The fourth-order valence-corrected chi connectivity index (χ4v) is 1.94. The maximum absolute atomic E-state index is 11.6. The molecule has 0 saturated carbocycles. The number of hydrogen-bond donors (Lipinski definition) is 0. The topological polar surface area (TPSA) is 52.6 Å². The molecule has 2 rings (SSSR count). The third-order valence-electron chi connectivity index (χ3n) is 3.30. The zero-order valence-corrected chi connectivity index (χ0v) is 14.8. The molecule has 132 valence electrons. The Labute approximate surface area is 153 Å². The van der Waals surface area contributed by atoms with E-state index in [1.807, 2.05) is 24.3 Å². The van der Waals surface area contributed by atoms with Crippen molar-refractivity contribution in [3.05, 3.63) is 84.0 Å². The van der Waals surface area contributed by atoms with Gasteiger partial charge in [-0.15, -0.1) is 0 Å². The van der Waals surface area contributed by atoms with Crippen LogP contribution in [-0.4, -0.2) is 11.9 Å². The summed E-state index contributed by atoms with van der Waals surface area (Å²) in [5.74, 6) is -0.0232. The normalized spacial score (nSPS) is 10.4. The molecule has 0 unspecified atom stereocenters. The van der Waals surface area contributed by atoms with Gasteiger partial charge in [0.2, 0.25) is 0 Å². The molecule has 26 heavy (non-hydrogen) atoms. The molecular formula is C22H20O4. The Bertz CT molecular complexity index is 817. The second kappa shape index (κ2) is 8.62. The van der Waals surface area contributed by atoms with Crippen LogP contribution in [0.5, 0.6) is 11.5 Å². The van der Waals surface area contributed by atoms with Gasteiger partial charge in [-0.1, -0.05) is 49.6 Å². The van der Waals surface area contributed by atoms with Crippen LogP contribution in [0.1, 0.15) is 25.0 Å². The molecule has 0 spiro atoms. The number of rotatable bonds is 6. The standard InChI is InChI=1S/C22H20O4/c1-15(2)21(23)25-19-9-5-7-17(13-19)11-12-18-8-6-10-20(14-18)26-22(24)16(3)4/h5-14H,1,3H2,2,4H3/b12-11+. The summed E-state index contributed by atoms with van der Waals surface area (Å²) in [7, 11) is 0. The Morgan fingerprint density at radius 2 is 1.15 bits per heavy atom. The van der Waals surface area contributed by atoms with Gasteiger partial charge in [0.05, 0.1) is 0 Å². The Kier molecular flexibility index (Phi) is 6.28. The van der Waals surface area contributed by atoms with E-state index in [1.165, 1.54) is 0 Å². The molecule has 0 N–H and O–H groups in total. The first-order valence-electron chi connectivity index (χ1n) is 7.99. The van der Waals surface area contributed by atoms with E-state index in [1.54, 1.807) is 50.2 Å². The Hall–Kier alpha value is -3.40. The van der Waals surface area contributed by atoms with Crippen molar-refractivity contribution in [1.82, 2.24) is 0 Å². The Morgan fingerprint density at radius 3 is 1.50 bits per heavy atom. The highest BCUT2D eigenvalue weighted by Gasteiger charge is 2.06. The molecule has 0 atom stereocenters. The van der Waals surface area contributed by atoms with E-state index in [-0.39, 0.29) is 0 Å². The SMILES string of the molecule is C=C(C)C(=O)Oc1cccc(/C=C/c2cccc(OC(=O)C(=C)C)c2)c1. The van der Waals surface area contributed by atoms with Crippen molar-refractivity contribution in [2.24, 2.45) is 0 Å². The van der Waals surface area contributed by atoms with Crippen LogP contribution in [0, 0.1) is 0 Å². The second-order valence-electron chi connectivity index (χ2n) is 5.82. The van der Waals surface area contributed by atoms with Gasteiger partial charge in [0, 0.05) is 11.1 Å². The molecule has 0 aliphatic carbocycles. The molecule has 2 aromatic carbocycles. The molecule has 2 aromatic rings. The lowest BCUT2D eigenvalue weighted by Crippen LogP contribution is -2.08. The highest BCUT2D eigenvalue weighted by molar-refractivity contribution is 5.89. The van der Waals surface area contributed by atoms with Crippen molar-refractivity contribution in [2.45, 2.75) is 13.8 Å². The molecule has 0 aromatic heterocycles. The number of ether oxygens (including phenoxy) is 2. The second-order valence-corrected chi connectivity index (χ2v) is 5.82. The van der Waals surface area contributed by atoms with Crippen molar-refractivity contribution in [1.29, 1.82) is 0 Å². The maximum atomic E-state index is 11.6. The first kappa shape index (κ1) is 18.9. The molecule has 0 radical (unpaired) electrons. The maximum Gasteiger partial charge on any atom is 0.338 e. The molecule has 0 amide bonds. The van der Waals surface area contributed by atoms with Gasteiger partial charge in [-0.25, -0.2) is 9.59 Å². The average Bonchev–Trinajstić information content (AvgIpc) is 2.60. The van der Waals surface area contributed by atoms with Crippen LogP contribution in [-0.2, 0) is 9.59 Å². The highest BCUT2D eigenvalue weighted by Crippen LogP contribution is 2.19. The number of hydrogen-bond acceptors (Lipinski definition) is 4. The molecule has 0 aliphatic rings. The summed E-state index contributed by atoms with van der Waals surface area (Å²) in [5, 5.41) is 0. The summed E-state index contributed by atoms with van der Waals surface area (Å²) < 4.78 is 10.4. The number of benzene rings is 2. The third-order valence-corrected chi connectivity index (χ3v) is 3.30. The van der Waals surface area contributed by atoms with Crippen LogP contribution in [0.4, 0.5) is 0 Å². The lowest BCUT2D eigenvalue weighted by atomic mass is 10.1. The fourth-order valence-electron chi connectivity index (χ4n) is 1.94. The summed E-state index contributed by atoms with van der Waals surface area (Å²) in [6.07, 6.45) is 3.75. The zero-order chi connectivity index (χ0) is 19.1. The molecule has 4 heteroatoms. The van der Waals surface area contributed by atoms with Gasteiger partial charge in [-0.3, -0.25) is 0 Å².